The maximum absolute atomic E-state index is 13.1. The van der Waals surface area contributed by atoms with Crippen LogP contribution in [0, 0.1) is 11.6 Å². The van der Waals surface area contributed by atoms with Gasteiger partial charge in [-0.05, 0) is 24.6 Å². The van der Waals surface area contributed by atoms with Gasteiger partial charge in [0.1, 0.15) is 0 Å². The lowest BCUT2D eigenvalue weighted by Gasteiger charge is -2.12. The number of hydrogen-bond donors (Lipinski definition) is 1. The zero-order valence-corrected chi connectivity index (χ0v) is 10.5. The number of rotatable bonds is 4. The van der Waals surface area contributed by atoms with Crippen molar-refractivity contribution in [3.63, 3.8) is 0 Å². The van der Waals surface area contributed by atoms with Crippen LogP contribution in [0.25, 0.3) is 0 Å². The fourth-order valence-corrected chi connectivity index (χ4v) is 1.89. The minimum Gasteiger partial charge on any atom is -0.322 e. The zero-order chi connectivity index (χ0) is 14.0. The summed E-state index contributed by atoms with van der Waals surface area (Å²) in [4.78, 5) is 11.8. The molecule has 1 heterocycles. The van der Waals surface area contributed by atoms with Crippen LogP contribution in [0.5, 0.6) is 0 Å². The number of halogens is 2. The first kappa shape index (κ1) is 13.5. The molecule has 0 aliphatic rings. The lowest BCUT2D eigenvalue weighted by atomic mass is 10.1. The smallest absolute Gasteiger partial charge is 0.322 e. The molecule has 1 atom stereocenters. The Morgan fingerprint density at radius 3 is 2.47 bits per heavy atom. The first-order valence-corrected chi connectivity index (χ1v) is 5.99. The summed E-state index contributed by atoms with van der Waals surface area (Å²) in [5.74, 6) is -1.85. The molecule has 0 bridgehead atoms. The number of imidazole rings is 1. The quantitative estimate of drug-likeness (QED) is 0.915. The topological polar surface area (TPSA) is 52.9 Å². The second-order valence-corrected chi connectivity index (χ2v) is 4.30. The minimum absolute atomic E-state index is 0.166. The van der Waals surface area contributed by atoms with Gasteiger partial charge in [0.2, 0.25) is 0 Å². The normalized spacial score (nSPS) is 12.6. The fraction of sp³-hybridized carbons (Fsp3) is 0.308. The maximum Gasteiger partial charge on any atom is 0.328 e. The molecular formula is C13H15F2N3O. The fourth-order valence-electron chi connectivity index (χ4n) is 1.89. The van der Waals surface area contributed by atoms with Crippen molar-refractivity contribution in [2.75, 3.05) is 0 Å². The lowest BCUT2D eigenvalue weighted by molar-refractivity contribution is 0.499. The predicted octanol–water partition coefficient (Wildman–Crippen LogP) is 1.65. The molecule has 19 heavy (non-hydrogen) atoms. The Labute approximate surface area is 109 Å². The van der Waals surface area contributed by atoms with E-state index < -0.39 is 17.7 Å². The van der Waals surface area contributed by atoms with E-state index in [4.69, 9.17) is 5.73 Å². The van der Waals surface area contributed by atoms with Crippen molar-refractivity contribution in [3.05, 3.63) is 58.3 Å². The van der Waals surface area contributed by atoms with Crippen molar-refractivity contribution in [2.24, 2.45) is 5.73 Å². The van der Waals surface area contributed by atoms with Gasteiger partial charge in [-0.15, -0.1) is 0 Å². The average molecular weight is 267 g/mol. The molecule has 6 heteroatoms. The van der Waals surface area contributed by atoms with Crippen molar-refractivity contribution in [1.82, 2.24) is 9.13 Å². The number of nitrogens with two attached hydrogens (primary N) is 1. The first-order chi connectivity index (χ1) is 9.02. The minimum atomic E-state index is -0.938. The Balaban J connectivity index is 2.20. The summed E-state index contributed by atoms with van der Waals surface area (Å²) in [6.45, 7) is 2.66. The van der Waals surface area contributed by atoms with Crippen LogP contribution < -0.4 is 11.4 Å². The molecule has 1 unspecified atom stereocenters. The predicted molar refractivity (Wildman–Crippen MR) is 67.7 cm³/mol. The molecule has 0 fully saturated rings. The van der Waals surface area contributed by atoms with Gasteiger partial charge in [-0.3, -0.25) is 9.13 Å². The maximum atomic E-state index is 13.1. The third kappa shape index (κ3) is 2.73. The van der Waals surface area contributed by atoms with Crippen LogP contribution in [-0.4, -0.2) is 9.13 Å². The van der Waals surface area contributed by atoms with E-state index in [0.29, 0.717) is 12.1 Å². The van der Waals surface area contributed by atoms with Crippen molar-refractivity contribution in [2.45, 2.75) is 26.1 Å². The highest BCUT2D eigenvalue weighted by molar-refractivity contribution is 5.20. The molecule has 102 valence electrons. The van der Waals surface area contributed by atoms with Gasteiger partial charge in [0.15, 0.2) is 11.6 Å². The Bertz CT molecular complexity index is 633. The summed E-state index contributed by atoms with van der Waals surface area (Å²) in [5, 5.41) is 0. The summed E-state index contributed by atoms with van der Waals surface area (Å²) in [5.41, 5.74) is 6.20. The molecule has 1 aromatic carbocycles. The van der Waals surface area contributed by atoms with Crippen LogP contribution in [0.2, 0.25) is 0 Å². The molecule has 0 aliphatic heterocycles. The molecule has 0 amide bonds. The van der Waals surface area contributed by atoms with E-state index in [1.54, 1.807) is 12.4 Å². The molecule has 2 rings (SSSR count). The highest BCUT2D eigenvalue weighted by atomic mass is 19.2. The van der Waals surface area contributed by atoms with E-state index in [-0.39, 0.29) is 12.2 Å². The highest BCUT2D eigenvalue weighted by Crippen LogP contribution is 2.15. The summed E-state index contributed by atoms with van der Waals surface area (Å²) >= 11 is 0. The van der Waals surface area contributed by atoms with Crippen LogP contribution in [0.3, 0.4) is 0 Å². The summed E-state index contributed by atoms with van der Waals surface area (Å²) in [6, 6.07) is 2.94. The van der Waals surface area contributed by atoms with Crippen LogP contribution in [-0.2, 0) is 13.1 Å². The molecule has 4 nitrogen and oxygen atoms in total. The Kier molecular flexibility index (Phi) is 3.80. The van der Waals surface area contributed by atoms with Crippen molar-refractivity contribution < 1.29 is 8.78 Å². The van der Waals surface area contributed by atoms with Crippen LogP contribution >= 0.6 is 0 Å². The summed E-state index contributed by atoms with van der Waals surface area (Å²) in [7, 11) is 0. The molecule has 2 N–H and O–H groups in total. The van der Waals surface area contributed by atoms with Crippen LogP contribution in [0.15, 0.2) is 35.4 Å². The highest BCUT2D eigenvalue weighted by Gasteiger charge is 2.12. The second kappa shape index (κ2) is 5.36. The monoisotopic (exact) mass is 267 g/mol. The number of nitrogens with zero attached hydrogens (tertiary/aromatic N) is 2. The van der Waals surface area contributed by atoms with E-state index in [2.05, 4.69) is 0 Å². The summed E-state index contributed by atoms with van der Waals surface area (Å²) in [6.07, 6.45) is 3.30. The molecule has 0 spiro atoms. The van der Waals surface area contributed by atoms with Crippen molar-refractivity contribution in [3.8, 4) is 0 Å². The molecule has 1 aromatic heterocycles. The number of hydrogen-bond acceptors (Lipinski definition) is 2. The molecule has 0 saturated carbocycles. The van der Waals surface area contributed by atoms with Gasteiger partial charge >= 0.3 is 5.69 Å². The van der Waals surface area contributed by atoms with Gasteiger partial charge in [-0.25, -0.2) is 13.6 Å². The van der Waals surface area contributed by atoms with Gasteiger partial charge in [0.05, 0.1) is 0 Å². The van der Waals surface area contributed by atoms with Crippen molar-refractivity contribution in [1.29, 1.82) is 0 Å². The third-order valence-corrected chi connectivity index (χ3v) is 3.02. The third-order valence-electron chi connectivity index (χ3n) is 3.02. The standard InChI is InChI=1S/C13H15F2N3O/c1-2-17-5-6-18(13(17)19)8-12(16)9-3-4-10(14)11(15)7-9/h3-7,12H,2,8,16H2,1H3. The lowest BCUT2D eigenvalue weighted by Crippen LogP contribution is -2.28. The Morgan fingerprint density at radius 2 is 1.89 bits per heavy atom. The molecule has 0 radical (unpaired) electrons. The van der Waals surface area contributed by atoms with Crippen LogP contribution in [0.1, 0.15) is 18.5 Å². The van der Waals surface area contributed by atoms with Gasteiger partial charge < -0.3 is 5.73 Å². The Morgan fingerprint density at radius 1 is 1.21 bits per heavy atom. The van der Waals surface area contributed by atoms with E-state index in [1.807, 2.05) is 6.92 Å². The molecule has 0 saturated heterocycles. The van der Waals surface area contributed by atoms with Gasteiger partial charge in [0, 0.05) is 31.5 Å². The largest absolute Gasteiger partial charge is 0.328 e. The van der Waals surface area contributed by atoms with Gasteiger partial charge in [0.25, 0.3) is 0 Å². The second-order valence-electron chi connectivity index (χ2n) is 4.30. The van der Waals surface area contributed by atoms with Crippen molar-refractivity contribution >= 4 is 0 Å². The summed E-state index contributed by atoms with van der Waals surface area (Å²) < 4.78 is 28.9. The van der Waals surface area contributed by atoms with E-state index in [9.17, 15) is 13.6 Å². The molecule has 0 aliphatic carbocycles. The molecule has 2 aromatic rings. The SMILES string of the molecule is CCn1ccn(CC(N)c2ccc(F)c(F)c2)c1=O. The number of aryl methyl sites for hydroxylation is 1. The van der Waals surface area contributed by atoms with E-state index in [1.165, 1.54) is 15.2 Å². The number of aromatic nitrogens is 2. The zero-order valence-electron chi connectivity index (χ0n) is 10.5. The average Bonchev–Trinajstić information content (AvgIpc) is 2.73. The van der Waals surface area contributed by atoms with E-state index >= 15 is 0 Å². The molecular weight excluding hydrogens is 252 g/mol. The first-order valence-electron chi connectivity index (χ1n) is 5.99. The van der Waals surface area contributed by atoms with E-state index in [0.717, 1.165) is 12.1 Å². The number of benzene rings is 1. The van der Waals surface area contributed by atoms with Crippen LogP contribution in [0.4, 0.5) is 8.78 Å². The van der Waals surface area contributed by atoms with Gasteiger partial charge in [-0.2, -0.15) is 0 Å². The van der Waals surface area contributed by atoms with Gasteiger partial charge in [-0.1, -0.05) is 6.07 Å². The Hall–Kier alpha value is -1.95.